The van der Waals surface area contributed by atoms with Crippen molar-refractivity contribution in [2.45, 2.75) is 11.8 Å². The van der Waals surface area contributed by atoms with E-state index in [1.165, 1.54) is 6.07 Å². The lowest BCUT2D eigenvalue weighted by molar-refractivity contribution is 0.145. The molecule has 1 rings (SSSR count). The van der Waals surface area contributed by atoms with E-state index in [1.54, 1.807) is 0 Å². The fraction of sp³-hybridized carbons (Fsp3) is 0.250. The van der Waals surface area contributed by atoms with Gasteiger partial charge < -0.3 is 0 Å². The summed E-state index contributed by atoms with van der Waals surface area (Å²) in [5.74, 6) is 0. The van der Waals surface area contributed by atoms with Crippen LogP contribution in [0.3, 0.4) is 0 Å². The number of hydrogen-bond donors (Lipinski definition) is 0. The van der Waals surface area contributed by atoms with Gasteiger partial charge in [0.05, 0.1) is 5.56 Å². The molecule has 0 saturated heterocycles. The van der Waals surface area contributed by atoms with Crippen LogP contribution in [-0.4, -0.2) is 4.98 Å². The summed E-state index contributed by atoms with van der Waals surface area (Å²) in [5, 5.41) is 8.90. The maximum absolute atomic E-state index is 12.4. The quantitative estimate of drug-likeness (QED) is 0.616. The van der Waals surface area contributed by atoms with Crippen LogP contribution in [0, 0.1) is 11.3 Å². The van der Waals surface area contributed by atoms with Gasteiger partial charge in [-0.3, -0.25) is 0 Å². The lowest BCUT2D eigenvalue weighted by Gasteiger charge is -2.06. The third-order valence-corrected chi connectivity index (χ3v) is 2.77. The third-order valence-electron chi connectivity index (χ3n) is 1.56. The molecule has 0 N–H and O–H groups in total. The Morgan fingerprint density at radius 1 is 1.57 bits per heavy atom. The van der Waals surface area contributed by atoms with Gasteiger partial charge in [0, 0.05) is 5.33 Å². The second-order valence-electron chi connectivity index (χ2n) is 2.42. The molecule has 1 aromatic heterocycles. The predicted molar refractivity (Wildman–Crippen MR) is 54.2 cm³/mol. The first-order chi connectivity index (χ1) is 6.60. The summed E-state index contributed by atoms with van der Waals surface area (Å²) in [6, 6.07) is 3.26. The van der Waals surface area contributed by atoms with Crippen LogP contribution in [0.25, 0.3) is 0 Å². The van der Waals surface area contributed by atoms with Gasteiger partial charge in [0.15, 0.2) is 0 Å². The standard InChI is InChI=1S/C8H4Br2F2N2/c9-2-4-1-5(3-13)7(10)14-6(4)8(11)12/h1,8H,2H2. The lowest BCUT2D eigenvalue weighted by atomic mass is 10.2. The number of rotatable bonds is 2. The fourth-order valence-electron chi connectivity index (χ4n) is 0.920. The molecule has 2 nitrogen and oxygen atoms in total. The van der Waals surface area contributed by atoms with E-state index in [0.717, 1.165) is 0 Å². The van der Waals surface area contributed by atoms with Gasteiger partial charge in [-0.15, -0.1) is 0 Å². The topological polar surface area (TPSA) is 36.7 Å². The summed E-state index contributed by atoms with van der Waals surface area (Å²) in [5.41, 5.74) is 0.288. The highest BCUT2D eigenvalue weighted by molar-refractivity contribution is 9.10. The Morgan fingerprint density at radius 2 is 2.21 bits per heavy atom. The minimum absolute atomic E-state index is 0.153. The van der Waals surface area contributed by atoms with Crippen LogP contribution in [0.15, 0.2) is 10.7 Å². The van der Waals surface area contributed by atoms with E-state index < -0.39 is 6.43 Å². The first-order valence-electron chi connectivity index (χ1n) is 3.53. The van der Waals surface area contributed by atoms with Gasteiger partial charge in [-0.1, -0.05) is 15.9 Å². The molecular weight excluding hydrogens is 322 g/mol. The van der Waals surface area contributed by atoms with Crippen molar-refractivity contribution in [3.8, 4) is 6.07 Å². The third kappa shape index (κ3) is 2.28. The van der Waals surface area contributed by atoms with Crippen LogP contribution in [0.1, 0.15) is 23.2 Å². The summed E-state index contributed by atoms with van der Waals surface area (Å²) in [7, 11) is 0. The second-order valence-corrected chi connectivity index (χ2v) is 3.73. The van der Waals surface area contributed by atoms with Gasteiger partial charge in [0.1, 0.15) is 16.4 Å². The smallest absolute Gasteiger partial charge is 0.238 e. The van der Waals surface area contributed by atoms with Crippen LogP contribution in [0.5, 0.6) is 0 Å². The average molecular weight is 326 g/mol. The zero-order chi connectivity index (χ0) is 10.7. The molecule has 6 heteroatoms. The van der Waals surface area contributed by atoms with Crippen LogP contribution < -0.4 is 0 Å². The first kappa shape index (κ1) is 11.5. The highest BCUT2D eigenvalue weighted by atomic mass is 79.9. The summed E-state index contributed by atoms with van der Waals surface area (Å²) in [6.07, 6.45) is -2.63. The van der Waals surface area contributed by atoms with Crippen molar-refractivity contribution in [2.75, 3.05) is 0 Å². The Labute approximate surface area is 96.2 Å². The fourth-order valence-corrected chi connectivity index (χ4v) is 1.76. The number of alkyl halides is 3. The SMILES string of the molecule is N#Cc1cc(CBr)c(C(F)F)nc1Br. The lowest BCUT2D eigenvalue weighted by Crippen LogP contribution is -1.99. The Hall–Kier alpha value is -0.540. The first-order valence-corrected chi connectivity index (χ1v) is 5.45. The van der Waals surface area contributed by atoms with Gasteiger partial charge in [-0.05, 0) is 27.6 Å². The molecule has 14 heavy (non-hydrogen) atoms. The highest BCUT2D eigenvalue weighted by Gasteiger charge is 2.16. The molecule has 0 aromatic carbocycles. The summed E-state index contributed by atoms with van der Waals surface area (Å²) in [4.78, 5) is 3.63. The second kappa shape index (κ2) is 4.80. The molecule has 0 aliphatic heterocycles. The maximum atomic E-state index is 12.4. The normalized spacial score (nSPS) is 10.3. The van der Waals surface area contributed by atoms with E-state index in [2.05, 4.69) is 36.8 Å². The summed E-state index contributed by atoms with van der Waals surface area (Å²) in [6.45, 7) is 0. The molecule has 0 aliphatic rings. The van der Waals surface area contributed by atoms with E-state index in [0.29, 0.717) is 5.56 Å². The molecular formula is C8H4Br2F2N2. The largest absolute Gasteiger partial charge is 0.280 e. The molecule has 1 aromatic rings. The van der Waals surface area contributed by atoms with Crippen LogP contribution >= 0.6 is 31.9 Å². The highest BCUT2D eigenvalue weighted by Crippen LogP contribution is 2.26. The number of nitriles is 1. The summed E-state index contributed by atoms with van der Waals surface area (Å²) >= 11 is 6.02. The molecule has 0 bridgehead atoms. The van der Waals surface area contributed by atoms with E-state index in [4.69, 9.17) is 5.26 Å². The van der Waals surface area contributed by atoms with Gasteiger partial charge >= 0.3 is 0 Å². The van der Waals surface area contributed by atoms with Gasteiger partial charge in [-0.25, -0.2) is 13.8 Å². The van der Waals surface area contributed by atoms with Crippen molar-refractivity contribution in [3.63, 3.8) is 0 Å². The van der Waals surface area contributed by atoms with Gasteiger partial charge in [0.25, 0.3) is 6.43 Å². The van der Waals surface area contributed by atoms with Crippen molar-refractivity contribution in [2.24, 2.45) is 0 Å². The molecule has 0 saturated carbocycles. The van der Waals surface area contributed by atoms with Crippen LogP contribution in [-0.2, 0) is 5.33 Å². The molecule has 74 valence electrons. The van der Waals surface area contributed by atoms with E-state index in [9.17, 15) is 8.78 Å². The van der Waals surface area contributed by atoms with E-state index >= 15 is 0 Å². The Bertz CT molecular complexity index is 388. The average Bonchev–Trinajstić information content (AvgIpc) is 2.17. The minimum Gasteiger partial charge on any atom is -0.238 e. The van der Waals surface area contributed by atoms with Crippen molar-refractivity contribution >= 4 is 31.9 Å². The molecule has 0 atom stereocenters. The van der Waals surface area contributed by atoms with Crippen LogP contribution in [0.2, 0.25) is 0 Å². The minimum atomic E-state index is -2.63. The van der Waals surface area contributed by atoms with Gasteiger partial charge in [0.2, 0.25) is 0 Å². The molecule has 1 heterocycles. The monoisotopic (exact) mass is 324 g/mol. The number of hydrogen-bond acceptors (Lipinski definition) is 2. The molecule has 0 spiro atoms. The number of aromatic nitrogens is 1. The molecule has 0 amide bonds. The van der Waals surface area contributed by atoms with Crippen molar-refractivity contribution in [3.05, 3.63) is 27.5 Å². The molecule has 0 fully saturated rings. The van der Waals surface area contributed by atoms with Crippen molar-refractivity contribution in [1.29, 1.82) is 5.26 Å². The molecule has 0 unspecified atom stereocenters. The van der Waals surface area contributed by atoms with E-state index in [-0.39, 0.29) is 21.2 Å². The molecule has 0 radical (unpaired) electrons. The van der Waals surface area contributed by atoms with Crippen molar-refractivity contribution < 1.29 is 8.78 Å². The van der Waals surface area contributed by atoms with Gasteiger partial charge in [-0.2, -0.15) is 5.26 Å². The zero-order valence-electron chi connectivity index (χ0n) is 6.77. The predicted octanol–water partition coefficient (Wildman–Crippen LogP) is 3.55. The number of nitrogens with zero attached hydrogens (tertiary/aromatic N) is 2. The Balaban J connectivity index is 3.33. The Kier molecular flexibility index (Phi) is 3.96. The summed E-state index contributed by atoms with van der Waals surface area (Å²) < 4.78 is 25.0. The number of halogens is 4. The van der Waals surface area contributed by atoms with E-state index in [1.807, 2.05) is 6.07 Å². The number of pyridine rings is 1. The maximum Gasteiger partial charge on any atom is 0.280 e. The Morgan fingerprint density at radius 3 is 2.64 bits per heavy atom. The molecule has 0 aliphatic carbocycles. The van der Waals surface area contributed by atoms with Crippen LogP contribution in [0.4, 0.5) is 8.78 Å². The zero-order valence-corrected chi connectivity index (χ0v) is 9.94. The van der Waals surface area contributed by atoms with Crippen molar-refractivity contribution in [1.82, 2.24) is 4.98 Å².